The average Bonchev–Trinajstić information content (AvgIpc) is 3.40. The molecule has 0 N–H and O–H groups in total. The van der Waals surface area contributed by atoms with Gasteiger partial charge >= 0.3 is 6.01 Å². The molecular formula is C25H31N5O5S. The third-order valence-electron chi connectivity index (χ3n) is 6.30. The monoisotopic (exact) mass is 513 g/mol. The number of benzene rings is 1. The van der Waals surface area contributed by atoms with Crippen molar-refractivity contribution in [3.63, 3.8) is 0 Å². The van der Waals surface area contributed by atoms with Gasteiger partial charge < -0.3 is 18.9 Å². The number of piperidine rings is 1. The Morgan fingerprint density at radius 2 is 1.78 bits per heavy atom. The number of nitrogens with zero attached hydrogens (tertiary/aromatic N) is 5. The molecule has 11 heteroatoms. The number of rotatable bonds is 8. The quantitative estimate of drug-likeness (QED) is 0.384. The van der Waals surface area contributed by atoms with E-state index in [1.807, 2.05) is 19.1 Å². The molecule has 2 aliphatic rings. The summed E-state index contributed by atoms with van der Waals surface area (Å²) in [5.41, 5.74) is 1.98. The fourth-order valence-corrected chi connectivity index (χ4v) is 4.70. The van der Waals surface area contributed by atoms with Gasteiger partial charge in [0, 0.05) is 37.8 Å². The van der Waals surface area contributed by atoms with Gasteiger partial charge in [0.15, 0.2) is 18.1 Å². The molecule has 2 aromatic heterocycles. The van der Waals surface area contributed by atoms with Gasteiger partial charge in [0.05, 0.1) is 18.8 Å². The van der Waals surface area contributed by atoms with Gasteiger partial charge in [0.1, 0.15) is 18.2 Å². The smallest absolute Gasteiger partial charge is 0.324 e. The van der Waals surface area contributed by atoms with Gasteiger partial charge in [-0.25, -0.2) is 9.97 Å². The Hall–Kier alpha value is -2.89. The summed E-state index contributed by atoms with van der Waals surface area (Å²) < 4.78 is 28.3. The second-order valence-electron chi connectivity index (χ2n) is 9.46. The zero-order valence-corrected chi connectivity index (χ0v) is 21.6. The highest BCUT2D eigenvalue weighted by Gasteiger charge is 2.26. The molecule has 10 nitrogen and oxygen atoms in total. The molecule has 192 valence electrons. The lowest BCUT2D eigenvalue weighted by Gasteiger charge is -2.30. The summed E-state index contributed by atoms with van der Waals surface area (Å²) >= 11 is 1.07. The first kappa shape index (κ1) is 24.8. The van der Waals surface area contributed by atoms with Crippen LogP contribution in [-0.4, -0.2) is 52.5 Å². The summed E-state index contributed by atoms with van der Waals surface area (Å²) in [4.78, 5) is 15.3. The van der Waals surface area contributed by atoms with E-state index >= 15 is 0 Å². The van der Waals surface area contributed by atoms with E-state index in [0.29, 0.717) is 42.7 Å². The minimum atomic E-state index is 0.0422. The number of hydrogen-bond acceptors (Lipinski definition) is 11. The Morgan fingerprint density at radius 3 is 2.47 bits per heavy atom. The first-order valence-electron chi connectivity index (χ1n) is 12.3. The molecule has 0 radical (unpaired) electrons. The first-order valence-corrected chi connectivity index (χ1v) is 13.0. The van der Waals surface area contributed by atoms with Gasteiger partial charge in [-0.3, -0.25) is 8.37 Å². The van der Waals surface area contributed by atoms with E-state index in [2.05, 4.69) is 51.0 Å². The molecule has 3 aromatic rings. The molecule has 5 rings (SSSR count). The third-order valence-corrected chi connectivity index (χ3v) is 6.76. The lowest BCUT2D eigenvalue weighted by molar-refractivity contribution is 0.146. The van der Waals surface area contributed by atoms with Gasteiger partial charge in [0.25, 0.3) is 0 Å². The van der Waals surface area contributed by atoms with Crippen molar-refractivity contribution < 1.29 is 22.4 Å². The maximum absolute atomic E-state index is 6.25. The van der Waals surface area contributed by atoms with Crippen molar-refractivity contribution in [1.82, 2.24) is 20.1 Å². The molecule has 1 aromatic carbocycles. The number of hydrogen-bond donors (Lipinski definition) is 0. The molecule has 0 saturated carbocycles. The van der Waals surface area contributed by atoms with E-state index in [1.54, 1.807) is 0 Å². The normalized spacial score (nSPS) is 17.5. The predicted octanol–water partition coefficient (Wildman–Crippen LogP) is 4.90. The van der Waals surface area contributed by atoms with E-state index < -0.39 is 0 Å². The van der Waals surface area contributed by atoms with Crippen molar-refractivity contribution in [2.75, 3.05) is 31.2 Å². The Morgan fingerprint density at radius 1 is 1.06 bits per heavy atom. The molecule has 0 unspecified atom stereocenters. The lowest BCUT2D eigenvalue weighted by Crippen LogP contribution is -2.38. The third kappa shape index (κ3) is 6.08. The van der Waals surface area contributed by atoms with E-state index in [1.165, 1.54) is 11.9 Å². The number of anilines is 1. The summed E-state index contributed by atoms with van der Waals surface area (Å²) in [6.45, 7) is 8.97. The maximum atomic E-state index is 6.25. The Bertz CT molecular complexity index is 1130. The summed E-state index contributed by atoms with van der Waals surface area (Å²) in [5, 5.41) is 4.06. The van der Waals surface area contributed by atoms with Crippen LogP contribution in [0.4, 0.5) is 6.01 Å². The van der Waals surface area contributed by atoms with Crippen LogP contribution in [0.15, 0.2) is 35.1 Å². The van der Waals surface area contributed by atoms with Crippen LogP contribution < -0.4 is 14.4 Å². The second kappa shape index (κ2) is 11.4. The highest BCUT2D eigenvalue weighted by atomic mass is 32.2. The molecule has 0 aliphatic carbocycles. The van der Waals surface area contributed by atoms with Gasteiger partial charge in [-0.2, -0.15) is 4.98 Å². The Labute approximate surface area is 215 Å². The van der Waals surface area contributed by atoms with E-state index in [9.17, 15) is 0 Å². The van der Waals surface area contributed by atoms with Crippen molar-refractivity contribution in [3.8, 4) is 17.5 Å². The van der Waals surface area contributed by atoms with Crippen LogP contribution in [0.5, 0.6) is 17.5 Å². The molecule has 0 spiro atoms. The van der Waals surface area contributed by atoms with Crippen molar-refractivity contribution in [1.29, 1.82) is 0 Å². The Kier molecular flexibility index (Phi) is 7.88. The van der Waals surface area contributed by atoms with Crippen molar-refractivity contribution in [2.45, 2.75) is 52.1 Å². The van der Waals surface area contributed by atoms with Crippen LogP contribution >= 0.6 is 12.3 Å². The molecule has 4 heterocycles. The van der Waals surface area contributed by atoms with Crippen molar-refractivity contribution >= 4 is 18.3 Å². The fourth-order valence-electron chi connectivity index (χ4n) is 4.14. The maximum Gasteiger partial charge on any atom is 0.324 e. The zero-order valence-electron chi connectivity index (χ0n) is 20.8. The summed E-state index contributed by atoms with van der Waals surface area (Å²) in [5.74, 6) is 3.08. The van der Waals surface area contributed by atoms with E-state index in [0.717, 1.165) is 56.1 Å². The zero-order chi connectivity index (χ0) is 24.9. The van der Waals surface area contributed by atoms with Crippen LogP contribution in [-0.2, 0) is 14.8 Å². The number of ether oxygens (including phenoxy) is 2. The predicted molar refractivity (Wildman–Crippen MR) is 134 cm³/mol. The standard InChI is InChI=1S/C25H31N5O5S/c1-16(2)22-28-25(35-29-22)30-10-8-21(9-11-30)34-24-17(3)23(26-15-27-24)33-20-6-4-18(5-7-20)12-19-13-31-36-32-14-19/h4-7,15-16,19,21H,8-14H2,1-3H3. The first-order chi connectivity index (χ1) is 17.5. The van der Waals surface area contributed by atoms with Crippen molar-refractivity contribution in [2.24, 2.45) is 5.92 Å². The molecule has 2 fully saturated rings. The molecule has 0 bridgehead atoms. The van der Waals surface area contributed by atoms with Crippen LogP contribution in [0, 0.1) is 12.8 Å². The van der Waals surface area contributed by atoms with Gasteiger partial charge in [-0.05, 0) is 31.0 Å². The highest BCUT2D eigenvalue weighted by Crippen LogP contribution is 2.30. The topological polar surface area (TPSA) is 105 Å². The van der Waals surface area contributed by atoms with Crippen LogP contribution in [0.1, 0.15) is 49.6 Å². The molecule has 0 atom stereocenters. The van der Waals surface area contributed by atoms with E-state index in [-0.39, 0.29) is 12.0 Å². The van der Waals surface area contributed by atoms with Gasteiger partial charge in [0.2, 0.25) is 11.8 Å². The highest BCUT2D eigenvalue weighted by molar-refractivity contribution is 7.89. The molecule has 0 amide bonds. The lowest BCUT2D eigenvalue weighted by atomic mass is 10.0. The second-order valence-corrected chi connectivity index (χ2v) is 10.1. The average molecular weight is 514 g/mol. The van der Waals surface area contributed by atoms with Crippen LogP contribution in [0.3, 0.4) is 0 Å². The molecular weight excluding hydrogens is 482 g/mol. The SMILES string of the molecule is Cc1c(Oc2ccc(CC3COSOC3)cc2)ncnc1OC1CCN(c2nc(C(C)C)no2)CC1. The fraction of sp³-hybridized carbons (Fsp3) is 0.520. The summed E-state index contributed by atoms with van der Waals surface area (Å²) in [6.07, 6.45) is 4.08. The van der Waals surface area contributed by atoms with Crippen LogP contribution in [0.2, 0.25) is 0 Å². The molecule has 2 saturated heterocycles. The largest absolute Gasteiger partial charge is 0.474 e. The minimum Gasteiger partial charge on any atom is -0.474 e. The number of aromatic nitrogens is 4. The minimum absolute atomic E-state index is 0.0422. The summed E-state index contributed by atoms with van der Waals surface area (Å²) in [6, 6.07) is 8.61. The molecule has 2 aliphatic heterocycles. The summed E-state index contributed by atoms with van der Waals surface area (Å²) in [7, 11) is 0. The Balaban J connectivity index is 1.15. The van der Waals surface area contributed by atoms with E-state index in [4.69, 9.17) is 22.4 Å². The van der Waals surface area contributed by atoms with Gasteiger partial charge in [-0.15, -0.1) is 0 Å². The molecule has 36 heavy (non-hydrogen) atoms. The van der Waals surface area contributed by atoms with Crippen LogP contribution in [0.25, 0.3) is 0 Å². The van der Waals surface area contributed by atoms with Crippen molar-refractivity contribution in [3.05, 3.63) is 47.5 Å². The van der Waals surface area contributed by atoms with Gasteiger partial charge in [-0.1, -0.05) is 31.1 Å².